The van der Waals surface area contributed by atoms with E-state index in [4.69, 9.17) is 21.1 Å². The number of methoxy groups -OCH3 is 1. The number of ether oxygens (including phenoxy) is 2. The second-order valence-corrected chi connectivity index (χ2v) is 5.33. The van der Waals surface area contributed by atoms with Gasteiger partial charge in [-0.15, -0.1) is 0 Å². The molecule has 0 spiro atoms. The number of benzene rings is 1. The normalized spacial score (nSPS) is 22.1. The molecule has 1 aliphatic heterocycles. The lowest BCUT2D eigenvalue weighted by Gasteiger charge is -2.19. The summed E-state index contributed by atoms with van der Waals surface area (Å²) >= 11 is 9.74. The second kappa shape index (κ2) is 5.39. The zero-order valence-corrected chi connectivity index (χ0v) is 11.4. The van der Waals surface area contributed by atoms with E-state index in [0.29, 0.717) is 5.92 Å². The highest BCUT2D eigenvalue weighted by atomic mass is 79.9. The van der Waals surface area contributed by atoms with Gasteiger partial charge in [0.15, 0.2) is 0 Å². The lowest BCUT2D eigenvalue weighted by molar-refractivity contribution is 0.185. The third-order valence-corrected chi connectivity index (χ3v) is 4.34. The van der Waals surface area contributed by atoms with E-state index in [9.17, 15) is 0 Å². The van der Waals surface area contributed by atoms with Crippen LogP contribution in [0.5, 0.6) is 5.75 Å². The van der Waals surface area contributed by atoms with Gasteiger partial charge in [0.25, 0.3) is 0 Å². The van der Waals surface area contributed by atoms with Crippen molar-refractivity contribution in [2.24, 2.45) is 5.92 Å². The highest BCUT2D eigenvalue weighted by molar-refractivity contribution is 9.09. The maximum atomic E-state index is 6.02. The van der Waals surface area contributed by atoms with Crippen LogP contribution in [0.15, 0.2) is 18.2 Å². The summed E-state index contributed by atoms with van der Waals surface area (Å²) < 4.78 is 10.8. The molecule has 1 saturated heterocycles. The van der Waals surface area contributed by atoms with Gasteiger partial charge in [0.05, 0.1) is 13.7 Å². The predicted molar refractivity (Wildman–Crippen MR) is 68.6 cm³/mol. The Bertz CT molecular complexity index is 364. The Morgan fingerprint density at radius 1 is 1.56 bits per heavy atom. The summed E-state index contributed by atoms with van der Waals surface area (Å²) in [4.78, 5) is 0.239. The molecule has 16 heavy (non-hydrogen) atoms. The Hall–Kier alpha value is -0.250. The Balaban J connectivity index is 2.26. The van der Waals surface area contributed by atoms with E-state index in [2.05, 4.69) is 15.9 Å². The minimum atomic E-state index is 0.239. The van der Waals surface area contributed by atoms with Crippen LogP contribution >= 0.6 is 27.5 Å². The molecule has 2 unspecified atom stereocenters. The van der Waals surface area contributed by atoms with Crippen molar-refractivity contribution >= 4 is 27.5 Å². The summed E-state index contributed by atoms with van der Waals surface area (Å²) in [7, 11) is 1.68. The SMILES string of the molecule is COc1ccc(Cl)cc1C(Br)C1CCOC1. The molecule has 88 valence electrons. The molecule has 0 N–H and O–H groups in total. The van der Waals surface area contributed by atoms with Crippen LogP contribution in [-0.2, 0) is 4.74 Å². The fourth-order valence-electron chi connectivity index (χ4n) is 1.96. The quantitative estimate of drug-likeness (QED) is 0.790. The van der Waals surface area contributed by atoms with Gasteiger partial charge in [0.1, 0.15) is 5.75 Å². The maximum Gasteiger partial charge on any atom is 0.123 e. The van der Waals surface area contributed by atoms with Gasteiger partial charge in [0.2, 0.25) is 0 Å². The van der Waals surface area contributed by atoms with Crippen LogP contribution in [-0.4, -0.2) is 20.3 Å². The van der Waals surface area contributed by atoms with Crippen molar-refractivity contribution in [1.29, 1.82) is 0 Å². The van der Waals surface area contributed by atoms with Crippen LogP contribution in [0, 0.1) is 5.92 Å². The molecular weight excluding hydrogens is 291 g/mol. The summed E-state index contributed by atoms with van der Waals surface area (Å²) in [5, 5.41) is 0.735. The van der Waals surface area contributed by atoms with Crippen LogP contribution in [0.1, 0.15) is 16.8 Å². The lowest BCUT2D eigenvalue weighted by Crippen LogP contribution is -2.08. The number of alkyl halides is 1. The second-order valence-electron chi connectivity index (χ2n) is 3.91. The van der Waals surface area contributed by atoms with Gasteiger partial charge in [-0.05, 0) is 24.6 Å². The van der Waals surface area contributed by atoms with Crippen molar-refractivity contribution in [3.63, 3.8) is 0 Å². The zero-order chi connectivity index (χ0) is 11.5. The van der Waals surface area contributed by atoms with Crippen molar-refractivity contribution in [1.82, 2.24) is 0 Å². The summed E-state index contributed by atoms with van der Waals surface area (Å²) in [5.41, 5.74) is 1.10. The van der Waals surface area contributed by atoms with Gasteiger partial charge in [0, 0.05) is 27.9 Å². The number of halogens is 2. The van der Waals surface area contributed by atoms with Gasteiger partial charge in [-0.1, -0.05) is 27.5 Å². The third kappa shape index (κ3) is 2.53. The molecule has 0 radical (unpaired) electrons. The number of hydrogen-bond donors (Lipinski definition) is 0. The topological polar surface area (TPSA) is 18.5 Å². The van der Waals surface area contributed by atoms with Crippen LogP contribution in [0.2, 0.25) is 5.02 Å². The molecule has 1 aliphatic rings. The van der Waals surface area contributed by atoms with E-state index in [1.165, 1.54) is 0 Å². The largest absolute Gasteiger partial charge is 0.496 e. The number of rotatable bonds is 3. The Morgan fingerprint density at radius 2 is 2.38 bits per heavy atom. The first-order valence-corrected chi connectivity index (χ1v) is 6.57. The van der Waals surface area contributed by atoms with Gasteiger partial charge in [-0.3, -0.25) is 0 Å². The molecule has 1 heterocycles. The highest BCUT2D eigenvalue weighted by Crippen LogP contribution is 2.41. The minimum absolute atomic E-state index is 0.239. The van der Waals surface area contributed by atoms with Gasteiger partial charge in [-0.25, -0.2) is 0 Å². The average Bonchev–Trinajstić information content (AvgIpc) is 2.81. The Labute approximate surface area is 109 Å². The molecule has 1 aromatic rings. The van der Waals surface area contributed by atoms with E-state index in [-0.39, 0.29) is 4.83 Å². The van der Waals surface area contributed by atoms with Crippen LogP contribution < -0.4 is 4.74 Å². The molecule has 1 aromatic carbocycles. The summed E-state index contributed by atoms with van der Waals surface area (Å²) in [5.74, 6) is 1.37. The molecule has 0 bridgehead atoms. The first kappa shape index (κ1) is 12.2. The van der Waals surface area contributed by atoms with E-state index in [1.807, 2.05) is 18.2 Å². The standard InChI is InChI=1S/C12H14BrClO2/c1-15-11-3-2-9(14)6-10(11)12(13)8-4-5-16-7-8/h2-3,6,8,12H,4-5,7H2,1H3. The molecule has 2 nitrogen and oxygen atoms in total. The van der Waals surface area contributed by atoms with E-state index < -0.39 is 0 Å². The van der Waals surface area contributed by atoms with E-state index >= 15 is 0 Å². The molecule has 0 saturated carbocycles. The Kier molecular flexibility index (Phi) is 4.11. The molecule has 1 fully saturated rings. The van der Waals surface area contributed by atoms with E-state index in [0.717, 1.165) is 36.0 Å². The highest BCUT2D eigenvalue weighted by Gasteiger charge is 2.27. The van der Waals surface area contributed by atoms with Crippen LogP contribution in [0.3, 0.4) is 0 Å². The van der Waals surface area contributed by atoms with Crippen LogP contribution in [0.25, 0.3) is 0 Å². The molecule has 2 atom stereocenters. The van der Waals surface area contributed by atoms with Gasteiger partial charge < -0.3 is 9.47 Å². The molecule has 0 aliphatic carbocycles. The third-order valence-electron chi connectivity index (χ3n) is 2.87. The zero-order valence-electron chi connectivity index (χ0n) is 9.08. The van der Waals surface area contributed by atoms with Crippen molar-refractivity contribution in [2.75, 3.05) is 20.3 Å². The average molecular weight is 306 g/mol. The molecular formula is C12H14BrClO2. The fourth-order valence-corrected chi connectivity index (χ4v) is 2.91. The van der Waals surface area contributed by atoms with E-state index in [1.54, 1.807) is 7.11 Å². The summed E-state index contributed by atoms with van der Waals surface area (Å²) in [6.07, 6.45) is 1.07. The molecule has 0 aromatic heterocycles. The summed E-state index contributed by atoms with van der Waals surface area (Å²) in [6.45, 7) is 1.64. The smallest absolute Gasteiger partial charge is 0.123 e. The van der Waals surface area contributed by atoms with Crippen molar-refractivity contribution < 1.29 is 9.47 Å². The fraction of sp³-hybridized carbons (Fsp3) is 0.500. The van der Waals surface area contributed by atoms with Crippen molar-refractivity contribution in [3.8, 4) is 5.75 Å². The predicted octanol–water partition coefficient (Wildman–Crippen LogP) is 3.82. The maximum absolute atomic E-state index is 6.02. The minimum Gasteiger partial charge on any atom is -0.496 e. The monoisotopic (exact) mass is 304 g/mol. The summed E-state index contributed by atoms with van der Waals surface area (Å²) in [6, 6.07) is 5.70. The number of hydrogen-bond acceptors (Lipinski definition) is 2. The van der Waals surface area contributed by atoms with Crippen LogP contribution in [0.4, 0.5) is 0 Å². The van der Waals surface area contributed by atoms with Crippen molar-refractivity contribution in [2.45, 2.75) is 11.2 Å². The molecule has 0 amide bonds. The first-order chi connectivity index (χ1) is 7.72. The Morgan fingerprint density at radius 3 is 3.00 bits per heavy atom. The lowest BCUT2D eigenvalue weighted by atomic mass is 9.98. The van der Waals surface area contributed by atoms with Gasteiger partial charge >= 0.3 is 0 Å². The van der Waals surface area contributed by atoms with Gasteiger partial charge in [-0.2, -0.15) is 0 Å². The first-order valence-electron chi connectivity index (χ1n) is 5.27. The molecule has 4 heteroatoms. The van der Waals surface area contributed by atoms with Crippen molar-refractivity contribution in [3.05, 3.63) is 28.8 Å². The molecule has 2 rings (SSSR count).